The molecule has 1 N–H and O–H groups in total. The molecule has 3 heteroatoms. The van der Waals surface area contributed by atoms with Gasteiger partial charge in [-0.3, -0.25) is 4.90 Å². The highest BCUT2D eigenvalue weighted by Crippen LogP contribution is 2.40. The lowest BCUT2D eigenvalue weighted by molar-refractivity contribution is -0.201. The third-order valence-electron chi connectivity index (χ3n) is 4.54. The molecule has 3 saturated heterocycles. The van der Waals surface area contributed by atoms with Crippen molar-refractivity contribution < 1.29 is 4.74 Å². The molecular weight excluding hydrogens is 188 g/mol. The maximum atomic E-state index is 5.32. The lowest BCUT2D eigenvalue weighted by Crippen LogP contribution is -2.68. The Morgan fingerprint density at radius 3 is 2.47 bits per heavy atom. The van der Waals surface area contributed by atoms with Gasteiger partial charge in [0.25, 0.3) is 0 Å². The molecule has 0 radical (unpaired) electrons. The van der Waals surface area contributed by atoms with Gasteiger partial charge in [-0.15, -0.1) is 0 Å². The van der Waals surface area contributed by atoms with Crippen molar-refractivity contribution in [2.75, 3.05) is 39.4 Å². The molecule has 3 heterocycles. The molecule has 0 aromatic carbocycles. The molecule has 0 saturated carbocycles. The zero-order valence-corrected chi connectivity index (χ0v) is 9.67. The molecule has 3 aliphatic rings. The number of rotatable bonds is 2. The fraction of sp³-hybridized carbons (Fsp3) is 1.00. The van der Waals surface area contributed by atoms with E-state index in [-0.39, 0.29) is 0 Å². The van der Waals surface area contributed by atoms with E-state index in [0.29, 0.717) is 5.41 Å². The van der Waals surface area contributed by atoms with E-state index in [1.807, 2.05) is 0 Å². The van der Waals surface area contributed by atoms with E-state index in [0.717, 1.165) is 25.2 Å². The first-order valence-corrected chi connectivity index (χ1v) is 6.32. The average Bonchev–Trinajstić information content (AvgIpc) is 2.14. The fourth-order valence-electron chi connectivity index (χ4n) is 3.30. The fourth-order valence-corrected chi connectivity index (χ4v) is 3.30. The van der Waals surface area contributed by atoms with Crippen LogP contribution in [-0.2, 0) is 4.74 Å². The van der Waals surface area contributed by atoms with Crippen LogP contribution in [0.4, 0.5) is 0 Å². The van der Waals surface area contributed by atoms with Crippen molar-refractivity contribution in [3.63, 3.8) is 0 Å². The summed E-state index contributed by atoms with van der Waals surface area (Å²) in [7, 11) is 0. The van der Waals surface area contributed by atoms with E-state index >= 15 is 0 Å². The SMILES string of the molecule is CC(C1CCNCC1)N1CC2(COC2)C1. The zero-order chi connectivity index (χ0) is 10.3. The monoisotopic (exact) mass is 210 g/mol. The van der Waals surface area contributed by atoms with Gasteiger partial charge in [-0.1, -0.05) is 0 Å². The maximum Gasteiger partial charge on any atom is 0.0569 e. The summed E-state index contributed by atoms with van der Waals surface area (Å²) in [6.07, 6.45) is 2.72. The van der Waals surface area contributed by atoms with Crippen LogP contribution >= 0.6 is 0 Å². The van der Waals surface area contributed by atoms with Crippen LogP contribution in [0.3, 0.4) is 0 Å². The smallest absolute Gasteiger partial charge is 0.0569 e. The van der Waals surface area contributed by atoms with Crippen molar-refractivity contribution in [2.24, 2.45) is 11.3 Å². The van der Waals surface area contributed by atoms with Gasteiger partial charge in [0, 0.05) is 24.5 Å². The molecular formula is C12H22N2O. The second-order valence-corrected chi connectivity index (χ2v) is 5.73. The molecule has 0 aromatic heterocycles. The normalized spacial score (nSPS) is 33.4. The van der Waals surface area contributed by atoms with Crippen molar-refractivity contribution in [3.8, 4) is 0 Å². The average molecular weight is 210 g/mol. The third-order valence-corrected chi connectivity index (χ3v) is 4.54. The summed E-state index contributed by atoms with van der Waals surface area (Å²) in [5.41, 5.74) is 0.585. The first-order valence-electron chi connectivity index (χ1n) is 6.32. The van der Waals surface area contributed by atoms with Crippen LogP contribution < -0.4 is 5.32 Å². The minimum Gasteiger partial charge on any atom is -0.380 e. The van der Waals surface area contributed by atoms with Gasteiger partial charge in [0.15, 0.2) is 0 Å². The van der Waals surface area contributed by atoms with Gasteiger partial charge in [0.1, 0.15) is 0 Å². The minimum absolute atomic E-state index is 0.585. The van der Waals surface area contributed by atoms with E-state index in [9.17, 15) is 0 Å². The van der Waals surface area contributed by atoms with Crippen LogP contribution in [0.5, 0.6) is 0 Å². The Labute approximate surface area is 92.2 Å². The predicted molar refractivity (Wildman–Crippen MR) is 59.9 cm³/mol. The van der Waals surface area contributed by atoms with E-state index < -0.39 is 0 Å². The van der Waals surface area contributed by atoms with E-state index in [2.05, 4.69) is 17.1 Å². The van der Waals surface area contributed by atoms with Gasteiger partial charge in [-0.2, -0.15) is 0 Å². The topological polar surface area (TPSA) is 24.5 Å². The zero-order valence-electron chi connectivity index (χ0n) is 9.67. The second kappa shape index (κ2) is 3.72. The molecule has 15 heavy (non-hydrogen) atoms. The van der Waals surface area contributed by atoms with Crippen LogP contribution in [-0.4, -0.2) is 50.3 Å². The Balaban J connectivity index is 1.50. The largest absolute Gasteiger partial charge is 0.380 e. The summed E-state index contributed by atoms with van der Waals surface area (Å²) in [6, 6.07) is 0.790. The van der Waals surface area contributed by atoms with Gasteiger partial charge in [-0.25, -0.2) is 0 Å². The standard InChI is InChI=1S/C12H22N2O/c1-10(11-2-4-13-5-3-11)14-6-12(7-14)8-15-9-12/h10-11,13H,2-9H2,1H3. The number of nitrogens with one attached hydrogen (secondary N) is 1. The number of piperidine rings is 1. The summed E-state index contributed by atoms with van der Waals surface area (Å²) in [4.78, 5) is 2.67. The van der Waals surface area contributed by atoms with Crippen molar-refractivity contribution in [3.05, 3.63) is 0 Å². The summed E-state index contributed by atoms with van der Waals surface area (Å²) in [5, 5.41) is 3.44. The van der Waals surface area contributed by atoms with Gasteiger partial charge in [0.2, 0.25) is 0 Å². The van der Waals surface area contributed by atoms with Gasteiger partial charge < -0.3 is 10.1 Å². The minimum atomic E-state index is 0.585. The first-order chi connectivity index (χ1) is 7.29. The van der Waals surface area contributed by atoms with Gasteiger partial charge in [-0.05, 0) is 38.8 Å². The summed E-state index contributed by atoms with van der Waals surface area (Å²) >= 11 is 0. The van der Waals surface area contributed by atoms with Crippen LogP contribution in [0.25, 0.3) is 0 Å². The number of hydrogen-bond acceptors (Lipinski definition) is 3. The molecule has 3 rings (SSSR count). The first kappa shape index (κ1) is 10.1. The summed E-state index contributed by atoms with van der Waals surface area (Å²) < 4.78 is 5.32. The van der Waals surface area contributed by atoms with E-state index in [1.54, 1.807) is 0 Å². The van der Waals surface area contributed by atoms with Crippen LogP contribution in [0.15, 0.2) is 0 Å². The quantitative estimate of drug-likeness (QED) is 0.726. The number of hydrogen-bond donors (Lipinski definition) is 1. The highest BCUT2D eigenvalue weighted by atomic mass is 16.5. The second-order valence-electron chi connectivity index (χ2n) is 5.73. The third kappa shape index (κ3) is 1.71. The maximum absolute atomic E-state index is 5.32. The van der Waals surface area contributed by atoms with Crippen molar-refractivity contribution in [1.82, 2.24) is 10.2 Å². The Bertz CT molecular complexity index is 226. The van der Waals surface area contributed by atoms with Crippen LogP contribution in [0, 0.1) is 11.3 Å². The lowest BCUT2D eigenvalue weighted by Gasteiger charge is -2.58. The van der Waals surface area contributed by atoms with Crippen LogP contribution in [0.2, 0.25) is 0 Å². The molecule has 1 atom stereocenters. The van der Waals surface area contributed by atoms with Crippen molar-refractivity contribution in [1.29, 1.82) is 0 Å². The molecule has 0 amide bonds. The molecule has 1 unspecified atom stereocenters. The molecule has 3 fully saturated rings. The van der Waals surface area contributed by atoms with E-state index in [1.165, 1.54) is 39.0 Å². The summed E-state index contributed by atoms with van der Waals surface area (Å²) in [6.45, 7) is 9.47. The molecule has 86 valence electrons. The Morgan fingerprint density at radius 2 is 1.93 bits per heavy atom. The number of likely N-dealkylation sites (tertiary alicyclic amines) is 1. The molecule has 3 aliphatic heterocycles. The molecule has 0 aliphatic carbocycles. The number of nitrogens with zero attached hydrogens (tertiary/aromatic N) is 1. The lowest BCUT2D eigenvalue weighted by atomic mass is 9.75. The highest BCUT2D eigenvalue weighted by molar-refractivity contribution is 5.01. The Kier molecular flexibility index (Phi) is 2.49. The molecule has 3 nitrogen and oxygen atoms in total. The predicted octanol–water partition coefficient (Wildman–Crippen LogP) is 0.707. The van der Waals surface area contributed by atoms with Gasteiger partial charge >= 0.3 is 0 Å². The van der Waals surface area contributed by atoms with E-state index in [4.69, 9.17) is 4.74 Å². The molecule has 0 bridgehead atoms. The number of ether oxygens (including phenoxy) is 1. The van der Waals surface area contributed by atoms with Gasteiger partial charge in [0.05, 0.1) is 13.2 Å². The Morgan fingerprint density at radius 1 is 1.27 bits per heavy atom. The summed E-state index contributed by atoms with van der Waals surface area (Å²) in [5.74, 6) is 0.921. The molecule has 1 spiro atoms. The van der Waals surface area contributed by atoms with Crippen LogP contribution in [0.1, 0.15) is 19.8 Å². The van der Waals surface area contributed by atoms with Crippen molar-refractivity contribution >= 4 is 0 Å². The highest BCUT2D eigenvalue weighted by Gasteiger charge is 2.50. The Hall–Kier alpha value is -0.120. The molecule has 0 aromatic rings. The van der Waals surface area contributed by atoms with Crippen molar-refractivity contribution in [2.45, 2.75) is 25.8 Å².